The highest BCUT2D eigenvalue weighted by Gasteiger charge is 2.36. The first-order valence-electron chi connectivity index (χ1n) is 12.0. The zero-order valence-electron chi connectivity index (χ0n) is 22.9. The van der Waals surface area contributed by atoms with Crippen molar-refractivity contribution < 1.29 is 47.6 Å². The summed E-state index contributed by atoms with van der Waals surface area (Å²) < 4.78 is 30.9. The maximum atomic E-state index is 12.5. The van der Waals surface area contributed by atoms with Crippen molar-refractivity contribution >= 4 is 24.2 Å². The smallest absolute Gasteiger partial charge is 0.468 e. The topological polar surface area (TPSA) is 150 Å². The highest BCUT2D eigenvalue weighted by atomic mass is 16.8. The average molecular weight is 526 g/mol. The zero-order valence-corrected chi connectivity index (χ0v) is 22.9. The number of esters is 2. The molecule has 0 aliphatic rings. The fourth-order valence-electron chi connectivity index (χ4n) is 3.00. The monoisotopic (exact) mass is 525 g/mol. The summed E-state index contributed by atoms with van der Waals surface area (Å²) in [6, 6.07) is 4.30. The van der Waals surface area contributed by atoms with Gasteiger partial charge in [0.15, 0.2) is 11.5 Å². The van der Waals surface area contributed by atoms with E-state index in [0.717, 1.165) is 0 Å². The lowest BCUT2D eigenvalue weighted by molar-refractivity contribution is -0.151. The van der Waals surface area contributed by atoms with E-state index in [1.807, 2.05) is 6.92 Å². The summed E-state index contributed by atoms with van der Waals surface area (Å²) in [6.07, 6.45) is -1.25. The molecule has 0 saturated heterocycles. The van der Waals surface area contributed by atoms with Crippen LogP contribution in [0.25, 0.3) is 0 Å². The van der Waals surface area contributed by atoms with Gasteiger partial charge >= 0.3 is 24.2 Å². The van der Waals surface area contributed by atoms with Crippen LogP contribution in [0.1, 0.15) is 73.3 Å². The van der Waals surface area contributed by atoms with Crippen molar-refractivity contribution in [2.24, 2.45) is 5.73 Å². The molecule has 0 amide bonds. The normalized spacial score (nSPS) is 13.1. The molecule has 0 spiro atoms. The molecular formula is C26H39NO10. The predicted octanol–water partition coefficient (Wildman–Crippen LogP) is 4.46. The summed E-state index contributed by atoms with van der Waals surface area (Å²) in [5, 5.41) is 0. The van der Waals surface area contributed by atoms with Gasteiger partial charge in [-0.3, -0.25) is 9.59 Å². The molecule has 1 aromatic carbocycles. The fourth-order valence-corrected chi connectivity index (χ4v) is 3.00. The van der Waals surface area contributed by atoms with Crippen LogP contribution >= 0.6 is 0 Å². The molecule has 2 N–H and O–H groups in total. The van der Waals surface area contributed by atoms with Crippen LogP contribution in [-0.2, 0) is 35.0 Å². The molecule has 1 rings (SSSR count). The maximum absolute atomic E-state index is 12.5. The number of ether oxygens (including phenoxy) is 6. The number of methoxy groups -OCH3 is 1. The van der Waals surface area contributed by atoms with Crippen molar-refractivity contribution in [2.75, 3.05) is 13.7 Å². The molecule has 11 heteroatoms. The van der Waals surface area contributed by atoms with Gasteiger partial charge in [-0.05, 0) is 65.7 Å². The number of benzene rings is 1. The Morgan fingerprint density at radius 2 is 1.41 bits per heavy atom. The molecule has 1 aromatic rings. The molecule has 0 heterocycles. The first kappa shape index (κ1) is 31.7. The van der Waals surface area contributed by atoms with Gasteiger partial charge in [0.1, 0.15) is 16.7 Å². The molecule has 0 unspecified atom stereocenters. The first-order chi connectivity index (χ1) is 17.0. The Bertz CT molecular complexity index is 961. The summed E-state index contributed by atoms with van der Waals surface area (Å²) in [7, 11) is 1.20. The summed E-state index contributed by atoms with van der Waals surface area (Å²) in [6.45, 7) is 11.7. The first-order valence-corrected chi connectivity index (χ1v) is 12.0. The summed E-state index contributed by atoms with van der Waals surface area (Å²) in [5.41, 5.74) is 3.60. The SMILES string of the molecule is CCCC(=O)OCC[C@@](N)(Cc1ccc(OC(=O)OC(C)(C)C)c(OC(=O)OC(C)(C)C)c1)C(=O)OC. The minimum absolute atomic E-state index is 0.0203. The third-order valence-electron chi connectivity index (χ3n) is 4.55. The van der Waals surface area contributed by atoms with Crippen molar-refractivity contribution in [3.05, 3.63) is 23.8 Å². The molecule has 0 saturated carbocycles. The third kappa shape index (κ3) is 12.0. The van der Waals surface area contributed by atoms with Gasteiger partial charge in [0.2, 0.25) is 0 Å². The molecule has 0 aliphatic carbocycles. The average Bonchev–Trinajstić information content (AvgIpc) is 2.72. The second-order valence-electron chi connectivity index (χ2n) is 10.5. The molecule has 0 aromatic heterocycles. The van der Waals surface area contributed by atoms with E-state index in [0.29, 0.717) is 12.0 Å². The highest BCUT2D eigenvalue weighted by Crippen LogP contribution is 2.32. The number of carbonyl (C=O) groups is 4. The van der Waals surface area contributed by atoms with Crippen LogP contribution in [0.3, 0.4) is 0 Å². The quantitative estimate of drug-likeness (QED) is 0.262. The second kappa shape index (κ2) is 13.3. The molecule has 1 atom stereocenters. The van der Waals surface area contributed by atoms with Crippen LogP contribution in [0.15, 0.2) is 18.2 Å². The van der Waals surface area contributed by atoms with E-state index in [1.54, 1.807) is 41.5 Å². The lowest BCUT2D eigenvalue weighted by Crippen LogP contribution is -2.51. The molecular weight excluding hydrogens is 486 g/mol. The Labute approximate surface area is 217 Å². The maximum Gasteiger partial charge on any atom is 0.514 e. The molecule has 0 radical (unpaired) electrons. The van der Waals surface area contributed by atoms with E-state index >= 15 is 0 Å². The zero-order chi connectivity index (χ0) is 28.4. The van der Waals surface area contributed by atoms with Crippen molar-refractivity contribution in [3.63, 3.8) is 0 Å². The Kier molecular flexibility index (Phi) is 11.4. The number of nitrogens with two attached hydrogens (primary N) is 1. The van der Waals surface area contributed by atoms with E-state index in [9.17, 15) is 19.2 Å². The molecule has 11 nitrogen and oxygen atoms in total. The van der Waals surface area contributed by atoms with Crippen LogP contribution in [0, 0.1) is 0 Å². The van der Waals surface area contributed by atoms with Crippen LogP contribution in [-0.4, -0.2) is 54.7 Å². The van der Waals surface area contributed by atoms with Crippen molar-refractivity contribution in [1.29, 1.82) is 0 Å². The molecule has 208 valence electrons. The van der Waals surface area contributed by atoms with Crippen LogP contribution in [0.4, 0.5) is 9.59 Å². The highest BCUT2D eigenvalue weighted by molar-refractivity contribution is 5.81. The van der Waals surface area contributed by atoms with E-state index < -0.39 is 41.0 Å². The lowest BCUT2D eigenvalue weighted by Gasteiger charge is -2.27. The standard InChI is InChI=1S/C26H39NO10/c1-9-10-20(28)33-14-13-26(27,21(29)32-8)16-17-11-12-18(34-22(30)36-24(2,3)4)19(15-17)35-23(31)37-25(5,6)7/h11-12,15H,9-10,13-14,16,27H2,1-8H3/t26-/m1/s1. The van der Waals surface area contributed by atoms with E-state index in [2.05, 4.69) is 0 Å². The Balaban J connectivity index is 3.24. The predicted molar refractivity (Wildman–Crippen MR) is 133 cm³/mol. The minimum Gasteiger partial charge on any atom is -0.468 e. The van der Waals surface area contributed by atoms with Gasteiger partial charge in [-0.1, -0.05) is 13.0 Å². The number of rotatable bonds is 10. The number of hydrogen-bond donors (Lipinski definition) is 1. The van der Waals surface area contributed by atoms with Gasteiger partial charge in [0.05, 0.1) is 13.7 Å². The number of carbonyl (C=O) groups excluding carboxylic acids is 4. The second-order valence-corrected chi connectivity index (χ2v) is 10.5. The summed E-state index contributed by atoms with van der Waals surface area (Å²) in [5.74, 6) is -1.38. The van der Waals surface area contributed by atoms with Gasteiger partial charge < -0.3 is 34.2 Å². The Morgan fingerprint density at radius 3 is 1.89 bits per heavy atom. The molecule has 0 aliphatic heterocycles. The van der Waals surface area contributed by atoms with Crippen LogP contribution in [0.5, 0.6) is 11.5 Å². The largest absolute Gasteiger partial charge is 0.514 e. The minimum atomic E-state index is -1.56. The fraction of sp³-hybridized carbons (Fsp3) is 0.615. The van der Waals surface area contributed by atoms with E-state index in [1.165, 1.54) is 25.3 Å². The van der Waals surface area contributed by atoms with Crippen molar-refractivity contribution in [1.82, 2.24) is 0 Å². The van der Waals surface area contributed by atoms with Crippen LogP contribution in [0.2, 0.25) is 0 Å². The summed E-state index contributed by atoms with van der Waals surface area (Å²) >= 11 is 0. The van der Waals surface area contributed by atoms with Crippen molar-refractivity contribution in [3.8, 4) is 11.5 Å². The van der Waals surface area contributed by atoms with Gasteiger partial charge in [-0.2, -0.15) is 0 Å². The summed E-state index contributed by atoms with van der Waals surface area (Å²) in [4.78, 5) is 48.8. The molecule has 0 fully saturated rings. The number of hydrogen-bond acceptors (Lipinski definition) is 11. The Morgan fingerprint density at radius 1 is 0.865 bits per heavy atom. The molecule has 0 bridgehead atoms. The van der Waals surface area contributed by atoms with Gasteiger partial charge in [0, 0.05) is 19.3 Å². The van der Waals surface area contributed by atoms with Crippen molar-refractivity contribution in [2.45, 2.75) is 90.9 Å². The molecule has 37 heavy (non-hydrogen) atoms. The van der Waals surface area contributed by atoms with Gasteiger partial charge in [-0.15, -0.1) is 0 Å². The Hall–Kier alpha value is -3.34. The van der Waals surface area contributed by atoms with E-state index in [-0.39, 0.29) is 37.4 Å². The lowest BCUT2D eigenvalue weighted by atomic mass is 9.88. The van der Waals surface area contributed by atoms with Gasteiger partial charge in [0.25, 0.3) is 0 Å². The van der Waals surface area contributed by atoms with E-state index in [4.69, 9.17) is 34.2 Å². The third-order valence-corrected chi connectivity index (χ3v) is 4.55. The van der Waals surface area contributed by atoms with Gasteiger partial charge in [-0.25, -0.2) is 9.59 Å². The van der Waals surface area contributed by atoms with Crippen LogP contribution < -0.4 is 15.2 Å².